The zero-order valence-electron chi connectivity index (χ0n) is 18.0. The molecule has 0 aliphatic heterocycles. The Balaban J connectivity index is 1.90. The molecular formula is C22H28N4O4. The van der Waals surface area contributed by atoms with Crippen molar-refractivity contribution in [3.63, 3.8) is 0 Å². The molecule has 0 bridgehead atoms. The van der Waals surface area contributed by atoms with Gasteiger partial charge in [-0.05, 0) is 32.4 Å². The maximum Gasteiger partial charge on any atom is 0.321 e. The molecule has 2 N–H and O–H groups in total. The molecule has 1 aromatic carbocycles. The van der Waals surface area contributed by atoms with Crippen LogP contribution < -0.4 is 14.8 Å². The second kappa shape index (κ2) is 8.31. The number of aliphatic hydroxyl groups is 1. The van der Waals surface area contributed by atoms with Crippen LogP contribution in [0, 0.1) is 5.21 Å². The van der Waals surface area contributed by atoms with Crippen LogP contribution in [0.25, 0.3) is 10.9 Å². The van der Waals surface area contributed by atoms with Gasteiger partial charge in [0.25, 0.3) is 5.69 Å². The molecule has 0 unspecified atom stereocenters. The number of nitrogens with one attached hydrogen (secondary N) is 1. The van der Waals surface area contributed by atoms with Crippen molar-refractivity contribution in [2.75, 3.05) is 12.4 Å². The zero-order valence-corrected chi connectivity index (χ0v) is 18.0. The lowest BCUT2D eigenvalue weighted by Crippen LogP contribution is -2.41. The smallest absolute Gasteiger partial charge is 0.321 e. The van der Waals surface area contributed by atoms with Crippen LogP contribution >= 0.6 is 0 Å². The van der Waals surface area contributed by atoms with Crippen molar-refractivity contribution in [1.29, 1.82) is 0 Å². The number of hydrogen-bond acceptors (Lipinski definition) is 5. The molecule has 3 rings (SSSR count). The van der Waals surface area contributed by atoms with Gasteiger partial charge in [-0.2, -0.15) is 9.83 Å². The van der Waals surface area contributed by atoms with E-state index >= 15 is 0 Å². The molecular weight excluding hydrogens is 384 g/mol. The van der Waals surface area contributed by atoms with E-state index in [2.05, 4.69) is 10.4 Å². The monoisotopic (exact) mass is 412 g/mol. The van der Waals surface area contributed by atoms with Gasteiger partial charge in [-0.15, -0.1) is 0 Å². The minimum Gasteiger partial charge on any atom is -0.618 e. The van der Waals surface area contributed by atoms with Crippen molar-refractivity contribution in [3.8, 4) is 5.75 Å². The first-order chi connectivity index (χ1) is 14.1. The number of methoxy groups -OCH3 is 1. The van der Waals surface area contributed by atoms with Gasteiger partial charge in [-0.25, -0.2) is 0 Å². The van der Waals surface area contributed by atoms with Gasteiger partial charge in [-0.1, -0.05) is 13.8 Å². The number of fused-ring (bicyclic) bond motifs is 1. The summed E-state index contributed by atoms with van der Waals surface area (Å²) >= 11 is 0. The van der Waals surface area contributed by atoms with Gasteiger partial charge in [0.1, 0.15) is 5.75 Å². The van der Waals surface area contributed by atoms with Crippen LogP contribution in [0.2, 0.25) is 0 Å². The summed E-state index contributed by atoms with van der Waals surface area (Å²) in [5.41, 5.74) is 0.920. The van der Waals surface area contributed by atoms with Crippen molar-refractivity contribution in [1.82, 2.24) is 9.78 Å². The first-order valence-corrected chi connectivity index (χ1v) is 9.90. The summed E-state index contributed by atoms with van der Waals surface area (Å²) < 4.78 is 7.84. The molecule has 0 radical (unpaired) electrons. The first kappa shape index (κ1) is 21.6. The SMILES string of the molecule is COc1cc2nn(CCC(C)(C)O)cc2cc1NC(=O)c1cccc(C(C)C)[n+]1[O-]. The first-order valence-electron chi connectivity index (χ1n) is 9.90. The average molecular weight is 412 g/mol. The standard InChI is InChI=1S/C22H28N4O4/c1-14(2)18-7-6-8-19(26(18)29)21(27)23-17-11-15-13-25(10-9-22(3,4)28)24-16(15)12-20(17)30-5/h6-8,11-14,28H,9-10H2,1-5H3,(H,23,27). The van der Waals surface area contributed by atoms with E-state index in [1.807, 2.05) is 20.0 Å². The van der Waals surface area contributed by atoms with Gasteiger partial charge < -0.3 is 20.4 Å². The molecule has 0 aliphatic carbocycles. The summed E-state index contributed by atoms with van der Waals surface area (Å²) in [6, 6.07) is 8.41. The molecule has 160 valence electrons. The number of amides is 1. The number of hydrogen-bond donors (Lipinski definition) is 2. The third-order valence-corrected chi connectivity index (χ3v) is 4.87. The fraction of sp³-hybridized carbons (Fsp3) is 0.409. The number of carbonyl (C=O) groups is 1. The number of nitrogens with zero attached hydrogens (tertiary/aromatic N) is 3. The number of rotatable bonds is 7. The summed E-state index contributed by atoms with van der Waals surface area (Å²) in [5, 5.41) is 30.6. The zero-order chi connectivity index (χ0) is 22.1. The van der Waals surface area contributed by atoms with Gasteiger partial charge in [0, 0.05) is 42.2 Å². The summed E-state index contributed by atoms with van der Waals surface area (Å²) in [7, 11) is 1.51. The largest absolute Gasteiger partial charge is 0.618 e. The maximum atomic E-state index is 12.8. The van der Waals surface area contributed by atoms with E-state index in [0.717, 1.165) is 5.39 Å². The van der Waals surface area contributed by atoms with Crippen LogP contribution in [0.3, 0.4) is 0 Å². The van der Waals surface area contributed by atoms with E-state index in [4.69, 9.17) is 4.74 Å². The minimum atomic E-state index is -0.785. The molecule has 0 fully saturated rings. The van der Waals surface area contributed by atoms with E-state index in [1.165, 1.54) is 13.2 Å². The molecule has 0 atom stereocenters. The predicted octanol–water partition coefficient (Wildman–Crippen LogP) is 3.22. The minimum absolute atomic E-state index is 0.00382. The molecule has 0 spiro atoms. The molecule has 2 heterocycles. The molecule has 1 amide bonds. The quantitative estimate of drug-likeness (QED) is 0.458. The number of benzene rings is 1. The Bertz CT molecular complexity index is 1070. The maximum absolute atomic E-state index is 12.8. The Labute approximate surface area is 175 Å². The van der Waals surface area contributed by atoms with Gasteiger partial charge in [-0.3, -0.25) is 9.48 Å². The van der Waals surface area contributed by atoms with Crippen LogP contribution in [0.1, 0.15) is 56.2 Å². The number of anilines is 1. The van der Waals surface area contributed by atoms with Gasteiger partial charge in [0.05, 0.1) is 23.9 Å². The van der Waals surface area contributed by atoms with Crippen LogP contribution in [0.4, 0.5) is 5.69 Å². The molecule has 0 saturated carbocycles. The number of aromatic nitrogens is 3. The number of carbonyl (C=O) groups excluding carboxylic acids is 1. The van der Waals surface area contributed by atoms with Crippen LogP contribution in [-0.2, 0) is 6.54 Å². The van der Waals surface area contributed by atoms with Gasteiger partial charge in [0.15, 0.2) is 5.69 Å². The van der Waals surface area contributed by atoms with Crippen LogP contribution in [-0.4, -0.2) is 33.5 Å². The highest BCUT2D eigenvalue weighted by Crippen LogP contribution is 2.30. The molecule has 0 aliphatic rings. The van der Waals surface area contributed by atoms with E-state index in [-0.39, 0.29) is 11.6 Å². The lowest BCUT2D eigenvalue weighted by molar-refractivity contribution is -0.617. The fourth-order valence-corrected chi connectivity index (χ4v) is 3.17. The summed E-state index contributed by atoms with van der Waals surface area (Å²) in [6.45, 7) is 7.86. The highest BCUT2D eigenvalue weighted by Gasteiger charge is 2.22. The third kappa shape index (κ3) is 4.71. The highest BCUT2D eigenvalue weighted by molar-refractivity contribution is 6.04. The van der Waals surface area contributed by atoms with Crippen molar-refractivity contribution < 1.29 is 19.4 Å². The second-order valence-corrected chi connectivity index (χ2v) is 8.31. The Hall–Kier alpha value is -3.13. The predicted molar refractivity (Wildman–Crippen MR) is 115 cm³/mol. The fourth-order valence-electron chi connectivity index (χ4n) is 3.17. The van der Waals surface area contributed by atoms with Crippen molar-refractivity contribution in [2.45, 2.75) is 52.2 Å². The topological polar surface area (TPSA) is 103 Å². The summed E-state index contributed by atoms with van der Waals surface area (Å²) in [4.78, 5) is 12.8. The lowest BCUT2D eigenvalue weighted by Gasteiger charge is -2.16. The molecule has 3 aromatic rings. The van der Waals surface area contributed by atoms with Crippen LogP contribution in [0.5, 0.6) is 5.75 Å². The van der Waals surface area contributed by atoms with Crippen LogP contribution in [0.15, 0.2) is 36.5 Å². The Morgan fingerprint density at radius 3 is 2.73 bits per heavy atom. The molecule has 30 heavy (non-hydrogen) atoms. The van der Waals surface area contributed by atoms with E-state index in [1.54, 1.807) is 42.8 Å². The summed E-state index contributed by atoms with van der Waals surface area (Å²) in [5.74, 6) is -0.0727. The molecule has 0 saturated heterocycles. The number of pyridine rings is 1. The second-order valence-electron chi connectivity index (χ2n) is 8.31. The van der Waals surface area contributed by atoms with E-state index < -0.39 is 11.5 Å². The molecule has 2 aromatic heterocycles. The average Bonchev–Trinajstić information content (AvgIpc) is 3.06. The van der Waals surface area contributed by atoms with E-state index in [9.17, 15) is 15.1 Å². The normalized spacial score (nSPS) is 11.8. The Kier molecular flexibility index (Phi) is 5.98. The van der Waals surface area contributed by atoms with E-state index in [0.29, 0.717) is 40.3 Å². The number of ether oxygens (including phenoxy) is 1. The molecule has 8 heteroatoms. The number of aryl methyl sites for hydroxylation is 1. The third-order valence-electron chi connectivity index (χ3n) is 4.87. The summed E-state index contributed by atoms with van der Waals surface area (Å²) in [6.07, 6.45) is 2.40. The van der Waals surface area contributed by atoms with Crippen molar-refractivity contribution >= 4 is 22.5 Å². The van der Waals surface area contributed by atoms with Gasteiger partial charge in [0.2, 0.25) is 0 Å². The Morgan fingerprint density at radius 1 is 1.37 bits per heavy atom. The highest BCUT2D eigenvalue weighted by atomic mass is 16.5. The molecule has 8 nitrogen and oxygen atoms in total. The lowest BCUT2D eigenvalue weighted by atomic mass is 10.1. The Morgan fingerprint density at radius 2 is 2.10 bits per heavy atom. The van der Waals surface area contributed by atoms with Crippen molar-refractivity contribution in [2.24, 2.45) is 0 Å². The van der Waals surface area contributed by atoms with Crippen molar-refractivity contribution in [3.05, 3.63) is 53.1 Å². The van der Waals surface area contributed by atoms with Gasteiger partial charge >= 0.3 is 5.91 Å².